The van der Waals surface area contributed by atoms with Crippen molar-refractivity contribution in [3.8, 4) is 0 Å². The number of allylic oxidation sites excluding steroid dienone is 1. The van der Waals surface area contributed by atoms with E-state index in [1.54, 1.807) is 0 Å². The van der Waals surface area contributed by atoms with E-state index in [2.05, 4.69) is 37.8 Å². The number of aryl methyl sites for hydroxylation is 1. The molecule has 1 rings (SSSR count). The zero-order chi connectivity index (χ0) is 11.1. The Kier molecular flexibility index (Phi) is 5.60. The summed E-state index contributed by atoms with van der Waals surface area (Å²) in [5.41, 5.74) is 3.13. The van der Waals surface area contributed by atoms with Crippen molar-refractivity contribution in [3.63, 3.8) is 0 Å². The predicted molar refractivity (Wildman–Crippen MR) is 68.7 cm³/mol. The Labute approximate surface area is 94.4 Å². The molecular weight excluding hydrogens is 203 g/mol. The summed E-state index contributed by atoms with van der Waals surface area (Å²) in [6.07, 6.45) is 2.96. The van der Waals surface area contributed by atoms with Gasteiger partial charge in [0.25, 0.3) is 0 Å². The second kappa shape index (κ2) is 6.76. The molecule has 2 unspecified atom stereocenters. The molecule has 0 saturated carbocycles. The van der Waals surface area contributed by atoms with Crippen LogP contribution in [-0.2, 0) is 4.52 Å². The Morgan fingerprint density at radius 3 is 2.60 bits per heavy atom. The zero-order valence-electron chi connectivity index (χ0n) is 9.49. The number of hydrogen-bond acceptors (Lipinski definition) is 1. The highest BCUT2D eigenvalue weighted by Crippen LogP contribution is 2.38. The van der Waals surface area contributed by atoms with Gasteiger partial charge in [0.05, 0.1) is 0 Å². The molecule has 15 heavy (non-hydrogen) atoms. The summed E-state index contributed by atoms with van der Waals surface area (Å²) < 4.78 is 5.51. The normalized spacial score (nSPS) is 13.2. The first kappa shape index (κ1) is 12.4. The molecule has 1 aromatic carbocycles. The third-order valence-electron chi connectivity index (χ3n) is 2.25. The maximum atomic E-state index is 5.51. The van der Waals surface area contributed by atoms with Crippen molar-refractivity contribution in [1.82, 2.24) is 0 Å². The van der Waals surface area contributed by atoms with E-state index >= 15 is 0 Å². The third-order valence-corrected chi connectivity index (χ3v) is 3.56. The van der Waals surface area contributed by atoms with Gasteiger partial charge in [0.15, 0.2) is 0 Å². The number of benzene rings is 1. The van der Waals surface area contributed by atoms with Crippen molar-refractivity contribution < 1.29 is 4.52 Å². The van der Waals surface area contributed by atoms with Gasteiger partial charge in [-0.1, -0.05) is 35.9 Å². The van der Waals surface area contributed by atoms with Crippen LogP contribution in [0.4, 0.5) is 0 Å². The molecular formula is C13H19OP. The van der Waals surface area contributed by atoms with E-state index in [9.17, 15) is 0 Å². The largest absolute Gasteiger partial charge is 0.362 e. The van der Waals surface area contributed by atoms with E-state index in [1.807, 2.05) is 13.0 Å². The summed E-state index contributed by atoms with van der Waals surface area (Å²) in [6.45, 7) is 8.73. The lowest BCUT2D eigenvalue weighted by Gasteiger charge is -2.15. The average molecular weight is 222 g/mol. The molecule has 0 amide bonds. The Morgan fingerprint density at radius 2 is 2.07 bits per heavy atom. The molecule has 0 fully saturated rings. The molecule has 0 aliphatic carbocycles. The van der Waals surface area contributed by atoms with Crippen LogP contribution < -0.4 is 0 Å². The van der Waals surface area contributed by atoms with Crippen molar-refractivity contribution in [2.45, 2.75) is 25.9 Å². The summed E-state index contributed by atoms with van der Waals surface area (Å²) in [5.74, 6) is 0. The predicted octanol–water partition coefficient (Wildman–Crippen LogP) is 4.24. The smallest absolute Gasteiger partial charge is 0.0477 e. The minimum Gasteiger partial charge on any atom is -0.362 e. The topological polar surface area (TPSA) is 9.23 Å². The molecule has 1 aromatic rings. The monoisotopic (exact) mass is 222 g/mol. The van der Waals surface area contributed by atoms with Gasteiger partial charge in [0.2, 0.25) is 0 Å². The molecule has 0 bridgehead atoms. The Hall–Kier alpha value is -0.650. The van der Waals surface area contributed by atoms with Crippen LogP contribution in [0.2, 0.25) is 0 Å². The Bertz CT molecular complexity index is 292. The van der Waals surface area contributed by atoms with Crippen LogP contribution in [0.15, 0.2) is 36.9 Å². The first-order valence-corrected chi connectivity index (χ1v) is 6.31. The summed E-state index contributed by atoms with van der Waals surface area (Å²) in [4.78, 5) is 0. The summed E-state index contributed by atoms with van der Waals surface area (Å²) in [7, 11) is 0.533. The maximum Gasteiger partial charge on any atom is 0.0477 e. The minimum absolute atomic E-state index is 0.475. The van der Waals surface area contributed by atoms with Crippen LogP contribution in [0.1, 0.15) is 30.1 Å². The molecule has 0 aliphatic heterocycles. The minimum atomic E-state index is 0.475. The lowest BCUT2D eigenvalue weighted by molar-refractivity contribution is 0.384. The van der Waals surface area contributed by atoms with Gasteiger partial charge < -0.3 is 4.52 Å². The number of hydrogen-bond donors (Lipinski definition) is 0. The van der Waals surface area contributed by atoms with Gasteiger partial charge in [0, 0.05) is 21.1 Å². The molecule has 82 valence electrons. The van der Waals surface area contributed by atoms with E-state index in [0.29, 0.717) is 14.5 Å². The first-order valence-electron chi connectivity index (χ1n) is 5.32. The van der Waals surface area contributed by atoms with E-state index in [4.69, 9.17) is 4.52 Å². The highest BCUT2D eigenvalue weighted by molar-refractivity contribution is 7.32. The fraction of sp³-hybridized carbons (Fsp3) is 0.385. The van der Waals surface area contributed by atoms with Crippen molar-refractivity contribution in [1.29, 1.82) is 0 Å². The Morgan fingerprint density at radius 1 is 1.40 bits per heavy atom. The second-order valence-electron chi connectivity index (χ2n) is 3.54. The number of rotatable bonds is 6. The van der Waals surface area contributed by atoms with Gasteiger partial charge in [-0.15, -0.1) is 6.58 Å². The van der Waals surface area contributed by atoms with Gasteiger partial charge >= 0.3 is 0 Å². The summed E-state index contributed by atoms with van der Waals surface area (Å²) >= 11 is 0. The van der Waals surface area contributed by atoms with Crippen molar-refractivity contribution in [2.75, 3.05) is 6.61 Å². The fourth-order valence-corrected chi connectivity index (χ4v) is 2.36. The first-order chi connectivity index (χ1) is 7.27. The van der Waals surface area contributed by atoms with Gasteiger partial charge in [-0.3, -0.25) is 0 Å². The SMILES string of the molecule is C=CCC(POCC)c1ccc(C)cc1. The van der Waals surface area contributed by atoms with Crippen molar-refractivity contribution >= 4 is 8.81 Å². The molecule has 0 radical (unpaired) electrons. The standard InChI is InChI=1S/C13H19OP/c1-4-6-13(15-14-5-2)12-9-7-11(3)8-10-12/h4,7-10,13,15H,1,5-6H2,2-3H3. The van der Waals surface area contributed by atoms with Gasteiger partial charge in [0.1, 0.15) is 0 Å². The van der Waals surface area contributed by atoms with E-state index in [0.717, 1.165) is 13.0 Å². The molecule has 2 atom stereocenters. The van der Waals surface area contributed by atoms with Gasteiger partial charge in [-0.05, 0) is 25.8 Å². The third kappa shape index (κ3) is 4.15. The molecule has 0 N–H and O–H groups in total. The lowest BCUT2D eigenvalue weighted by Crippen LogP contribution is -1.92. The zero-order valence-corrected chi connectivity index (χ0v) is 10.5. The lowest BCUT2D eigenvalue weighted by atomic mass is 10.1. The second-order valence-corrected chi connectivity index (χ2v) is 4.76. The summed E-state index contributed by atoms with van der Waals surface area (Å²) in [6, 6.07) is 8.69. The van der Waals surface area contributed by atoms with E-state index in [-0.39, 0.29) is 0 Å². The van der Waals surface area contributed by atoms with Crippen molar-refractivity contribution in [3.05, 3.63) is 48.0 Å². The van der Waals surface area contributed by atoms with Crippen LogP contribution in [0, 0.1) is 6.92 Å². The van der Waals surface area contributed by atoms with Crippen LogP contribution in [0.25, 0.3) is 0 Å². The molecule has 1 nitrogen and oxygen atoms in total. The molecule has 0 aromatic heterocycles. The fourth-order valence-electron chi connectivity index (χ4n) is 1.40. The van der Waals surface area contributed by atoms with Crippen LogP contribution >= 0.6 is 8.81 Å². The molecule has 0 saturated heterocycles. The molecule has 0 heterocycles. The maximum absolute atomic E-state index is 5.51. The van der Waals surface area contributed by atoms with E-state index < -0.39 is 0 Å². The van der Waals surface area contributed by atoms with Crippen molar-refractivity contribution in [2.24, 2.45) is 0 Å². The van der Waals surface area contributed by atoms with Gasteiger partial charge in [-0.25, -0.2) is 0 Å². The average Bonchev–Trinajstić information content (AvgIpc) is 2.25. The van der Waals surface area contributed by atoms with Crippen LogP contribution in [-0.4, -0.2) is 6.61 Å². The van der Waals surface area contributed by atoms with E-state index in [1.165, 1.54) is 11.1 Å². The summed E-state index contributed by atoms with van der Waals surface area (Å²) in [5, 5.41) is 0. The van der Waals surface area contributed by atoms with Crippen LogP contribution in [0.3, 0.4) is 0 Å². The highest BCUT2D eigenvalue weighted by atomic mass is 31.1. The van der Waals surface area contributed by atoms with Crippen LogP contribution in [0.5, 0.6) is 0 Å². The molecule has 0 spiro atoms. The quantitative estimate of drug-likeness (QED) is 0.516. The van der Waals surface area contributed by atoms with Gasteiger partial charge in [-0.2, -0.15) is 0 Å². The molecule has 0 aliphatic rings. The highest BCUT2D eigenvalue weighted by Gasteiger charge is 2.09. The molecule has 2 heteroatoms. The Balaban J connectivity index is 2.69.